The number of amides is 1. The van der Waals surface area contributed by atoms with Crippen molar-refractivity contribution in [1.82, 2.24) is 14.5 Å². The minimum absolute atomic E-state index is 0.0888. The Hall–Kier alpha value is -2.12. The Morgan fingerprint density at radius 2 is 2.19 bits per heavy atom. The van der Waals surface area contributed by atoms with Gasteiger partial charge in [0.25, 0.3) is 5.91 Å². The van der Waals surface area contributed by atoms with E-state index < -0.39 is 0 Å². The largest absolute Gasteiger partial charge is 0.459 e. The molecule has 1 atom stereocenters. The number of aromatic nitrogens is 2. The Morgan fingerprint density at radius 3 is 2.96 bits per heavy atom. The average Bonchev–Trinajstić information content (AvgIpc) is 3.33. The summed E-state index contributed by atoms with van der Waals surface area (Å²) in [6.45, 7) is 6.37. The van der Waals surface area contributed by atoms with Gasteiger partial charge in [-0.05, 0) is 37.8 Å². The molecule has 0 spiro atoms. The Balaban J connectivity index is 1.38. The van der Waals surface area contributed by atoms with E-state index in [0.717, 1.165) is 50.7 Å². The van der Waals surface area contributed by atoms with E-state index in [1.165, 1.54) is 6.26 Å². The van der Waals surface area contributed by atoms with E-state index in [1.807, 2.05) is 18.0 Å². The predicted octanol–water partition coefficient (Wildman–Crippen LogP) is 2.64. The lowest BCUT2D eigenvalue weighted by molar-refractivity contribution is 0.0139. The van der Waals surface area contributed by atoms with E-state index >= 15 is 0 Å². The molecule has 0 saturated carbocycles. The molecule has 2 aromatic heterocycles. The highest BCUT2D eigenvalue weighted by Crippen LogP contribution is 2.27. The molecule has 0 aromatic carbocycles. The van der Waals surface area contributed by atoms with E-state index in [4.69, 9.17) is 13.9 Å². The van der Waals surface area contributed by atoms with Crippen molar-refractivity contribution in [2.24, 2.45) is 5.92 Å². The molecule has 7 heteroatoms. The van der Waals surface area contributed by atoms with Gasteiger partial charge in [0.2, 0.25) is 0 Å². The van der Waals surface area contributed by atoms with Gasteiger partial charge in [0.15, 0.2) is 5.76 Å². The highest BCUT2D eigenvalue weighted by Gasteiger charge is 2.31. The van der Waals surface area contributed by atoms with Crippen LogP contribution in [-0.2, 0) is 22.6 Å². The van der Waals surface area contributed by atoms with Gasteiger partial charge in [0.1, 0.15) is 5.82 Å². The first-order chi connectivity index (χ1) is 12.7. The number of ether oxygens (including phenoxy) is 2. The van der Waals surface area contributed by atoms with Crippen molar-refractivity contribution in [2.45, 2.75) is 39.0 Å². The molecule has 4 heterocycles. The summed E-state index contributed by atoms with van der Waals surface area (Å²) in [5, 5.41) is 0. The van der Waals surface area contributed by atoms with Crippen molar-refractivity contribution in [2.75, 3.05) is 26.4 Å². The van der Waals surface area contributed by atoms with Gasteiger partial charge in [-0.15, -0.1) is 0 Å². The molecule has 2 aromatic rings. The number of carbonyl (C=O) groups excluding carboxylic acids is 1. The standard InChI is InChI=1S/C19H25N3O4/c1-14-18-20-11-16(13-25-12-15-4-9-24-10-5-15)22(18)7-6-21(14)19(23)17-3-2-8-26-17/h2-3,8,11,14-15H,4-7,9-10,12-13H2,1H3. The van der Waals surface area contributed by atoms with Gasteiger partial charge in [-0.2, -0.15) is 0 Å². The lowest BCUT2D eigenvalue weighted by atomic mass is 10.0. The minimum Gasteiger partial charge on any atom is -0.459 e. The normalized spacial score (nSPS) is 21.0. The van der Waals surface area contributed by atoms with Crippen LogP contribution in [0.5, 0.6) is 0 Å². The summed E-state index contributed by atoms with van der Waals surface area (Å²) < 4.78 is 18.8. The fraction of sp³-hybridized carbons (Fsp3) is 0.579. The topological polar surface area (TPSA) is 69.7 Å². The van der Waals surface area contributed by atoms with Crippen LogP contribution in [0.4, 0.5) is 0 Å². The summed E-state index contributed by atoms with van der Waals surface area (Å²) in [5.41, 5.74) is 1.07. The molecule has 1 fully saturated rings. The molecule has 26 heavy (non-hydrogen) atoms. The molecule has 4 rings (SSSR count). The Kier molecular flexibility index (Phi) is 5.08. The number of nitrogens with zero attached hydrogens (tertiary/aromatic N) is 3. The Labute approximate surface area is 152 Å². The zero-order chi connectivity index (χ0) is 17.9. The maximum absolute atomic E-state index is 12.6. The number of imidazole rings is 1. The van der Waals surface area contributed by atoms with E-state index in [0.29, 0.717) is 24.8 Å². The predicted molar refractivity (Wildman–Crippen MR) is 93.6 cm³/mol. The zero-order valence-electron chi connectivity index (χ0n) is 15.1. The van der Waals surface area contributed by atoms with Crippen LogP contribution in [0.25, 0.3) is 0 Å². The van der Waals surface area contributed by atoms with Gasteiger partial charge in [0, 0.05) is 26.3 Å². The van der Waals surface area contributed by atoms with Crippen LogP contribution < -0.4 is 0 Å². The summed E-state index contributed by atoms with van der Waals surface area (Å²) in [6.07, 6.45) is 5.55. The highest BCUT2D eigenvalue weighted by molar-refractivity contribution is 5.91. The number of hydrogen-bond donors (Lipinski definition) is 0. The first kappa shape index (κ1) is 17.3. The highest BCUT2D eigenvalue weighted by atomic mass is 16.5. The number of carbonyl (C=O) groups is 1. The maximum atomic E-state index is 12.6. The molecule has 0 aliphatic carbocycles. The molecule has 1 unspecified atom stereocenters. The maximum Gasteiger partial charge on any atom is 0.290 e. The number of hydrogen-bond acceptors (Lipinski definition) is 5. The van der Waals surface area contributed by atoms with Gasteiger partial charge < -0.3 is 23.4 Å². The summed E-state index contributed by atoms with van der Waals surface area (Å²) in [7, 11) is 0. The van der Waals surface area contributed by atoms with E-state index in [1.54, 1.807) is 12.1 Å². The van der Waals surface area contributed by atoms with Crippen molar-refractivity contribution >= 4 is 5.91 Å². The van der Waals surface area contributed by atoms with Crippen molar-refractivity contribution in [3.05, 3.63) is 41.9 Å². The first-order valence-corrected chi connectivity index (χ1v) is 9.28. The van der Waals surface area contributed by atoms with Crippen LogP contribution in [0.2, 0.25) is 0 Å². The smallest absolute Gasteiger partial charge is 0.290 e. The number of rotatable bonds is 5. The lowest BCUT2D eigenvalue weighted by Crippen LogP contribution is -2.41. The molecule has 0 bridgehead atoms. The van der Waals surface area contributed by atoms with Crippen molar-refractivity contribution in [1.29, 1.82) is 0 Å². The van der Waals surface area contributed by atoms with Gasteiger partial charge >= 0.3 is 0 Å². The van der Waals surface area contributed by atoms with E-state index in [-0.39, 0.29) is 11.9 Å². The van der Waals surface area contributed by atoms with Crippen molar-refractivity contribution < 1.29 is 18.7 Å². The number of fused-ring (bicyclic) bond motifs is 1. The first-order valence-electron chi connectivity index (χ1n) is 9.28. The van der Waals surface area contributed by atoms with E-state index in [9.17, 15) is 4.79 Å². The van der Waals surface area contributed by atoms with Gasteiger partial charge in [-0.1, -0.05) is 0 Å². The van der Waals surface area contributed by atoms with Crippen LogP contribution >= 0.6 is 0 Å². The lowest BCUT2D eigenvalue weighted by Gasteiger charge is -2.34. The fourth-order valence-corrected chi connectivity index (χ4v) is 3.74. The molecule has 1 amide bonds. The minimum atomic E-state index is -0.0920. The SMILES string of the molecule is CC1c2ncc(COCC3CCOCC3)n2CCN1C(=O)c1ccco1. The Morgan fingerprint density at radius 1 is 1.35 bits per heavy atom. The van der Waals surface area contributed by atoms with Gasteiger partial charge in [-0.25, -0.2) is 4.98 Å². The molecular weight excluding hydrogens is 334 g/mol. The third kappa shape index (κ3) is 3.41. The van der Waals surface area contributed by atoms with Crippen LogP contribution in [0, 0.1) is 5.92 Å². The van der Waals surface area contributed by atoms with Crippen molar-refractivity contribution in [3.63, 3.8) is 0 Å². The Bertz CT molecular complexity index is 734. The monoisotopic (exact) mass is 359 g/mol. The van der Waals surface area contributed by atoms with Crippen molar-refractivity contribution in [3.8, 4) is 0 Å². The molecule has 0 radical (unpaired) electrons. The quantitative estimate of drug-likeness (QED) is 0.821. The summed E-state index contributed by atoms with van der Waals surface area (Å²) >= 11 is 0. The van der Waals surface area contributed by atoms with Crippen LogP contribution in [0.3, 0.4) is 0 Å². The second kappa shape index (κ2) is 7.63. The molecule has 140 valence electrons. The molecule has 7 nitrogen and oxygen atoms in total. The fourth-order valence-electron chi connectivity index (χ4n) is 3.74. The third-order valence-electron chi connectivity index (χ3n) is 5.31. The molecule has 2 aliphatic rings. The van der Waals surface area contributed by atoms with Gasteiger partial charge in [-0.3, -0.25) is 4.79 Å². The molecule has 0 N–H and O–H groups in total. The summed E-state index contributed by atoms with van der Waals surface area (Å²) in [5.74, 6) is 1.78. The second-order valence-electron chi connectivity index (χ2n) is 6.98. The van der Waals surface area contributed by atoms with Crippen LogP contribution in [0.15, 0.2) is 29.0 Å². The van der Waals surface area contributed by atoms with Crippen LogP contribution in [-0.4, -0.2) is 46.7 Å². The van der Waals surface area contributed by atoms with Gasteiger partial charge in [0.05, 0.1) is 37.4 Å². The summed E-state index contributed by atoms with van der Waals surface area (Å²) in [6, 6.07) is 3.34. The molecule has 2 aliphatic heterocycles. The average molecular weight is 359 g/mol. The van der Waals surface area contributed by atoms with E-state index in [2.05, 4.69) is 9.55 Å². The number of furan rings is 1. The molecule has 1 saturated heterocycles. The second-order valence-corrected chi connectivity index (χ2v) is 6.98. The molecular formula is C19H25N3O4. The van der Waals surface area contributed by atoms with Crippen LogP contribution in [0.1, 0.15) is 47.9 Å². The summed E-state index contributed by atoms with van der Waals surface area (Å²) in [4.78, 5) is 19.0. The third-order valence-corrected chi connectivity index (χ3v) is 5.31. The zero-order valence-corrected chi connectivity index (χ0v) is 15.1.